The lowest BCUT2D eigenvalue weighted by Crippen LogP contribution is -2.10. The van der Waals surface area contributed by atoms with Crippen molar-refractivity contribution in [2.24, 2.45) is 0 Å². The number of aliphatic hydroxyl groups excluding tert-OH is 2. The van der Waals surface area contributed by atoms with Crippen molar-refractivity contribution in [2.75, 3.05) is 0 Å². The summed E-state index contributed by atoms with van der Waals surface area (Å²) < 4.78 is 0. The van der Waals surface area contributed by atoms with Crippen LogP contribution >= 0.6 is 11.8 Å². The summed E-state index contributed by atoms with van der Waals surface area (Å²) in [6.07, 6.45) is 5.15. The molecule has 0 saturated carbocycles. The molecule has 20 heavy (non-hydrogen) atoms. The first-order valence-electron chi connectivity index (χ1n) is 6.96. The molecule has 0 saturated heterocycles. The molecular weight excluding hydrogens is 268 g/mol. The summed E-state index contributed by atoms with van der Waals surface area (Å²) in [7, 11) is 0. The molecule has 1 aromatic rings. The Labute approximate surface area is 123 Å². The normalized spacial score (nSPS) is 18.9. The Balaban J connectivity index is 1.77. The van der Waals surface area contributed by atoms with E-state index in [-0.39, 0.29) is 0 Å². The van der Waals surface area contributed by atoms with Gasteiger partial charge < -0.3 is 10.2 Å². The highest BCUT2D eigenvalue weighted by Gasteiger charge is 2.25. The topological polar surface area (TPSA) is 40.5 Å². The first kappa shape index (κ1) is 13.4. The first-order valence-corrected chi connectivity index (χ1v) is 7.95. The minimum Gasteiger partial charge on any atom is -0.508 e. The second-order valence-electron chi connectivity index (χ2n) is 5.13. The van der Waals surface area contributed by atoms with Gasteiger partial charge in [0.25, 0.3) is 0 Å². The Morgan fingerprint density at radius 2 is 1.75 bits per heavy atom. The molecule has 0 aromatic heterocycles. The molecule has 0 spiro atoms. The van der Waals surface area contributed by atoms with E-state index >= 15 is 0 Å². The Bertz CT molecular complexity index is 597. The van der Waals surface area contributed by atoms with Gasteiger partial charge in [-0.25, -0.2) is 0 Å². The van der Waals surface area contributed by atoms with E-state index in [1.807, 2.05) is 24.3 Å². The fourth-order valence-corrected chi connectivity index (χ4v) is 3.77. The van der Waals surface area contributed by atoms with Crippen LogP contribution in [0.3, 0.4) is 0 Å². The molecule has 3 rings (SSSR count). The van der Waals surface area contributed by atoms with Crippen LogP contribution in [0.2, 0.25) is 0 Å². The Morgan fingerprint density at radius 1 is 0.950 bits per heavy atom. The predicted molar refractivity (Wildman–Crippen MR) is 83.6 cm³/mol. The zero-order chi connectivity index (χ0) is 13.9. The van der Waals surface area contributed by atoms with Gasteiger partial charge in [-0.3, -0.25) is 0 Å². The smallest absolute Gasteiger partial charge is 0.128 e. The molecule has 0 radical (unpaired) electrons. The molecule has 2 aliphatic carbocycles. The average molecular weight is 286 g/mol. The van der Waals surface area contributed by atoms with Gasteiger partial charge >= 0.3 is 0 Å². The molecule has 3 heteroatoms. The molecule has 0 heterocycles. The predicted octanol–water partition coefficient (Wildman–Crippen LogP) is 5.02. The minimum absolute atomic E-state index is 0.366. The molecule has 2 aliphatic rings. The van der Waals surface area contributed by atoms with Crippen LogP contribution in [0.15, 0.2) is 64.0 Å². The van der Waals surface area contributed by atoms with Crippen molar-refractivity contribution < 1.29 is 10.2 Å². The number of thioether (sulfide) groups is 1. The maximum atomic E-state index is 10.4. The first-order chi connectivity index (χ1) is 9.75. The molecule has 2 nitrogen and oxygen atoms in total. The van der Waals surface area contributed by atoms with Gasteiger partial charge in [-0.2, -0.15) is 0 Å². The largest absolute Gasteiger partial charge is 0.508 e. The lowest BCUT2D eigenvalue weighted by molar-refractivity contribution is 0.383. The fourth-order valence-electron chi connectivity index (χ4n) is 2.73. The molecule has 0 aliphatic heterocycles. The van der Waals surface area contributed by atoms with E-state index in [0.717, 1.165) is 47.5 Å². The van der Waals surface area contributed by atoms with Gasteiger partial charge in [-0.05, 0) is 37.3 Å². The number of hydrogen-bond acceptors (Lipinski definition) is 3. The van der Waals surface area contributed by atoms with Crippen molar-refractivity contribution in [2.45, 2.75) is 31.4 Å². The van der Waals surface area contributed by atoms with E-state index in [2.05, 4.69) is 12.1 Å². The summed E-state index contributed by atoms with van der Waals surface area (Å²) in [5.74, 6) is 1.65. The maximum Gasteiger partial charge on any atom is 0.128 e. The van der Waals surface area contributed by atoms with Crippen molar-refractivity contribution in [1.29, 1.82) is 0 Å². The van der Waals surface area contributed by atoms with Crippen molar-refractivity contribution >= 4 is 11.8 Å². The standard InChI is InChI=1S/C17H18O2S/c18-15-8-4-7-14-13(15)9-10-16(17(14)19)20-11-12-5-2-1-3-6-12/h1-3,5-6,8,18-19H,4,7,9-11H2. The summed E-state index contributed by atoms with van der Waals surface area (Å²) in [5, 5.41) is 20.3. The summed E-state index contributed by atoms with van der Waals surface area (Å²) in [6, 6.07) is 10.3. The molecule has 0 atom stereocenters. The third-order valence-corrected chi connectivity index (χ3v) is 5.04. The van der Waals surface area contributed by atoms with E-state index in [4.69, 9.17) is 0 Å². The van der Waals surface area contributed by atoms with Gasteiger partial charge in [-0.1, -0.05) is 30.3 Å². The molecule has 0 fully saturated rings. The lowest BCUT2D eigenvalue weighted by atomic mass is 9.88. The molecular formula is C17H18O2S. The number of aliphatic hydroxyl groups is 2. The summed E-state index contributed by atoms with van der Waals surface area (Å²) in [4.78, 5) is 1.06. The quantitative estimate of drug-likeness (QED) is 0.820. The van der Waals surface area contributed by atoms with E-state index in [1.54, 1.807) is 11.8 Å². The van der Waals surface area contributed by atoms with E-state index in [1.165, 1.54) is 5.56 Å². The Kier molecular flexibility index (Phi) is 3.88. The molecule has 1 aromatic carbocycles. The van der Waals surface area contributed by atoms with Gasteiger partial charge in [0.1, 0.15) is 11.5 Å². The van der Waals surface area contributed by atoms with Crippen LogP contribution in [0, 0.1) is 0 Å². The fraction of sp³-hybridized carbons (Fsp3) is 0.294. The maximum absolute atomic E-state index is 10.4. The summed E-state index contributed by atoms with van der Waals surface area (Å²) >= 11 is 1.71. The van der Waals surface area contributed by atoms with Crippen LogP contribution in [0.1, 0.15) is 31.2 Å². The van der Waals surface area contributed by atoms with Crippen molar-refractivity contribution in [3.05, 3.63) is 69.5 Å². The van der Waals surface area contributed by atoms with E-state index in [9.17, 15) is 10.2 Å². The van der Waals surface area contributed by atoms with Crippen LogP contribution in [0.5, 0.6) is 0 Å². The SMILES string of the molecule is OC1=CCCC2=C1CCC(SCc1ccccc1)=C2O. The third-order valence-electron chi connectivity index (χ3n) is 3.81. The van der Waals surface area contributed by atoms with E-state index < -0.39 is 0 Å². The summed E-state index contributed by atoms with van der Waals surface area (Å²) in [5.41, 5.74) is 3.16. The number of allylic oxidation sites excluding steroid dienone is 4. The molecule has 0 amide bonds. The third kappa shape index (κ3) is 2.63. The summed E-state index contributed by atoms with van der Waals surface area (Å²) in [6.45, 7) is 0. The van der Waals surface area contributed by atoms with Gasteiger partial charge in [0.05, 0.1) is 0 Å². The molecule has 2 N–H and O–H groups in total. The van der Waals surface area contributed by atoms with Crippen molar-refractivity contribution in [3.8, 4) is 0 Å². The highest BCUT2D eigenvalue weighted by molar-refractivity contribution is 8.02. The van der Waals surface area contributed by atoms with Crippen LogP contribution in [-0.4, -0.2) is 10.2 Å². The second kappa shape index (κ2) is 5.80. The average Bonchev–Trinajstić information content (AvgIpc) is 2.48. The van der Waals surface area contributed by atoms with Crippen LogP contribution in [0.25, 0.3) is 0 Å². The van der Waals surface area contributed by atoms with Gasteiger partial charge in [-0.15, -0.1) is 11.8 Å². The number of benzene rings is 1. The second-order valence-corrected chi connectivity index (χ2v) is 6.20. The van der Waals surface area contributed by atoms with Gasteiger partial charge in [0.15, 0.2) is 0 Å². The van der Waals surface area contributed by atoms with E-state index in [0.29, 0.717) is 11.5 Å². The molecule has 0 unspecified atom stereocenters. The van der Waals surface area contributed by atoms with Crippen molar-refractivity contribution in [3.63, 3.8) is 0 Å². The highest BCUT2D eigenvalue weighted by Crippen LogP contribution is 2.41. The lowest BCUT2D eigenvalue weighted by Gasteiger charge is -2.25. The molecule has 104 valence electrons. The van der Waals surface area contributed by atoms with Crippen LogP contribution < -0.4 is 0 Å². The van der Waals surface area contributed by atoms with Crippen LogP contribution in [0.4, 0.5) is 0 Å². The molecule has 0 bridgehead atoms. The van der Waals surface area contributed by atoms with Gasteiger partial charge in [0.2, 0.25) is 0 Å². The Morgan fingerprint density at radius 3 is 2.55 bits per heavy atom. The number of rotatable bonds is 3. The van der Waals surface area contributed by atoms with Crippen LogP contribution in [-0.2, 0) is 5.75 Å². The van der Waals surface area contributed by atoms with Crippen molar-refractivity contribution in [1.82, 2.24) is 0 Å². The number of hydrogen-bond donors (Lipinski definition) is 2. The monoisotopic (exact) mass is 286 g/mol. The Hall–Kier alpha value is -1.61. The highest BCUT2D eigenvalue weighted by atomic mass is 32.2. The minimum atomic E-state index is 0.366. The van der Waals surface area contributed by atoms with Gasteiger partial charge in [0, 0.05) is 21.8 Å². The zero-order valence-corrected chi connectivity index (χ0v) is 12.1. The zero-order valence-electron chi connectivity index (χ0n) is 11.3.